The molecule has 1 aromatic carbocycles. The number of hydrogen-bond donors (Lipinski definition) is 3. The molecule has 1 unspecified atom stereocenters. The van der Waals surface area contributed by atoms with Gasteiger partial charge in [0.05, 0.1) is 26.3 Å². The summed E-state index contributed by atoms with van der Waals surface area (Å²) in [6, 6.07) is 5.65. The summed E-state index contributed by atoms with van der Waals surface area (Å²) in [5, 5.41) is 14.8. The highest BCUT2D eigenvalue weighted by Crippen LogP contribution is 2.17. The molecule has 1 aliphatic heterocycles. The van der Waals surface area contributed by atoms with Gasteiger partial charge >= 0.3 is 6.03 Å². The Hall–Kier alpha value is -2.61. The van der Waals surface area contributed by atoms with E-state index in [9.17, 15) is 19.5 Å². The van der Waals surface area contributed by atoms with Crippen molar-refractivity contribution in [1.82, 2.24) is 15.5 Å². The Labute approximate surface area is 165 Å². The molecule has 0 spiro atoms. The monoisotopic (exact) mass is 391 g/mol. The summed E-state index contributed by atoms with van der Waals surface area (Å²) in [6.07, 6.45) is 1.15. The molecule has 0 radical (unpaired) electrons. The number of hydrogen-bond acceptors (Lipinski definition) is 5. The van der Waals surface area contributed by atoms with Crippen LogP contribution in [-0.4, -0.2) is 53.7 Å². The number of urea groups is 1. The molecule has 28 heavy (non-hydrogen) atoms. The number of aliphatic hydroxyl groups excluding tert-OH is 1. The van der Waals surface area contributed by atoms with E-state index in [1.165, 1.54) is 0 Å². The van der Waals surface area contributed by atoms with Crippen LogP contribution < -0.4 is 15.4 Å². The summed E-state index contributed by atoms with van der Waals surface area (Å²) in [6.45, 7) is 3.98. The standard InChI is InChI=1S/C20H29N3O5/c1-4-13(2)17(12-24)21-18(25)10-9-16-19(26)23(20(27)22-16)11-14-5-7-15(28-3)8-6-14/h5-8,13,16-17,24H,4,9-12H2,1-3H3,(H,21,25)(H,22,27)/t13-,16?,17-/m1/s1. The number of nitrogens with zero attached hydrogens (tertiary/aromatic N) is 1. The van der Waals surface area contributed by atoms with Crippen LogP contribution in [0, 0.1) is 5.92 Å². The Morgan fingerprint density at radius 2 is 2.00 bits per heavy atom. The quantitative estimate of drug-likeness (QED) is 0.523. The molecule has 3 atom stereocenters. The second-order valence-corrected chi connectivity index (χ2v) is 7.06. The van der Waals surface area contributed by atoms with Crippen LogP contribution in [0.4, 0.5) is 4.79 Å². The van der Waals surface area contributed by atoms with E-state index < -0.39 is 12.1 Å². The van der Waals surface area contributed by atoms with Crippen LogP contribution in [0.1, 0.15) is 38.7 Å². The van der Waals surface area contributed by atoms with E-state index in [0.29, 0.717) is 5.75 Å². The smallest absolute Gasteiger partial charge is 0.325 e. The summed E-state index contributed by atoms with van der Waals surface area (Å²) in [5.41, 5.74) is 0.807. The van der Waals surface area contributed by atoms with E-state index in [-0.39, 0.29) is 49.8 Å². The van der Waals surface area contributed by atoms with E-state index in [2.05, 4.69) is 10.6 Å². The van der Waals surface area contributed by atoms with Crippen molar-refractivity contribution in [1.29, 1.82) is 0 Å². The number of benzene rings is 1. The van der Waals surface area contributed by atoms with Crippen molar-refractivity contribution in [3.8, 4) is 5.75 Å². The van der Waals surface area contributed by atoms with Gasteiger partial charge in [0.2, 0.25) is 5.91 Å². The largest absolute Gasteiger partial charge is 0.497 e. The van der Waals surface area contributed by atoms with Gasteiger partial charge in [0.25, 0.3) is 5.91 Å². The summed E-state index contributed by atoms with van der Waals surface area (Å²) in [4.78, 5) is 38.0. The fourth-order valence-electron chi connectivity index (χ4n) is 3.04. The number of amides is 4. The molecule has 3 N–H and O–H groups in total. The molecule has 0 aliphatic carbocycles. The van der Waals surface area contributed by atoms with Gasteiger partial charge in [-0.05, 0) is 30.0 Å². The molecular formula is C20H29N3O5. The SMILES string of the molecule is CC[C@@H](C)[C@@H](CO)NC(=O)CCC1NC(=O)N(Cc2ccc(OC)cc2)C1=O. The maximum absolute atomic E-state index is 12.5. The Balaban J connectivity index is 1.87. The van der Waals surface area contributed by atoms with Crippen molar-refractivity contribution in [3.05, 3.63) is 29.8 Å². The van der Waals surface area contributed by atoms with E-state index >= 15 is 0 Å². The minimum absolute atomic E-state index is 0.0972. The van der Waals surface area contributed by atoms with Gasteiger partial charge in [0, 0.05) is 6.42 Å². The van der Waals surface area contributed by atoms with E-state index in [4.69, 9.17) is 4.74 Å². The van der Waals surface area contributed by atoms with Crippen LogP contribution in [0.2, 0.25) is 0 Å². The molecule has 4 amide bonds. The van der Waals surface area contributed by atoms with Crippen LogP contribution in [0.15, 0.2) is 24.3 Å². The third-order valence-electron chi connectivity index (χ3n) is 5.14. The highest BCUT2D eigenvalue weighted by molar-refractivity contribution is 6.04. The lowest BCUT2D eigenvalue weighted by Crippen LogP contribution is -2.42. The lowest BCUT2D eigenvalue weighted by molar-refractivity contribution is -0.128. The molecule has 1 fully saturated rings. The highest BCUT2D eigenvalue weighted by atomic mass is 16.5. The average molecular weight is 391 g/mol. The molecule has 154 valence electrons. The van der Waals surface area contributed by atoms with Crippen LogP contribution >= 0.6 is 0 Å². The second kappa shape index (κ2) is 10.1. The van der Waals surface area contributed by atoms with Crippen molar-refractivity contribution in [2.45, 2.75) is 51.7 Å². The average Bonchev–Trinajstić information content (AvgIpc) is 2.97. The minimum Gasteiger partial charge on any atom is -0.497 e. The molecule has 8 nitrogen and oxygen atoms in total. The van der Waals surface area contributed by atoms with Crippen LogP contribution in [0.5, 0.6) is 5.75 Å². The number of imide groups is 1. The van der Waals surface area contributed by atoms with Gasteiger partial charge in [-0.15, -0.1) is 0 Å². The van der Waals surface area contributed by atoms with Crippen molar-refractivity contribution in [3.63, 3.8) is 0 Å². The molecule has 8 heteroatoms. The first-order valence-corrected chi connectivity index (χ1v) is 9.54. The van der Waals surface area contributed by atoms with E-state index in [1.54, 1.807) is 31.4 Å². The van der Waals surface area contributed by atoms with Gasteiger partial charge in [0.1, 0.15) is 11.8 Å². The molecular weight excluding hydrogens is 362 g/mol. The second-order valence-electron chi connectivity index (χ2n) is 7.06. The zero-order valence-corrected chi connectivity index (χ0v) is 16.6. The van der Waals surface area contributed by atoms with Crippen LogP contribution in [-0.2, 0) is 16.1 Å². The maximum Gasteiger partial charge on any atom is 0.325 e. The van der Waals surface area contributed by atoms with Crippen molar-refractivity contribution in [2.24, 2.45) is 5.92 Å². The number of methoxy groups -OCH3 is 1. The molecule has 1 heterocycles. The Kier molecular flexibility index (Phi) is 7.80. The van der Waals surface area contributed by atoms with Gasteiger partial charge in [-0.3, -0.25) is 14.5 Å². The summed E-state index contributed by atoms with van der Waals surface area (Å²) in [5.74, 6) is 0.273. The van der Waals surface area contributed by atoms with Gasteiger partial charge in [0.15, 0.2) is 0 Å². The predicted molar refractivity (Wildman–Crippen MR) is 104 cm³/mol. The fraction of sp³-hybridized carbons (Fsp3) is 0.550. The number of ether oxygens (including phenoxy) is 1. The van der Waals surface area contributed by atoms with Gasteiger partial charge in [-0.2, -0.15) is 0 Å². The van der Waals surface area contributed by atoms with Crippen LogP contribution in [0.3, 0.4) is 0 Å². The van der Waals surface area contributed by atoms with Crippen molar-refractivity contribution >= 4 is 17.8 Å². The van der Waals surface area contributed by atoms with Crippen molar-refractivity contribution < 1.29 is 24.2 Å². The topological polar surface area (TPSA) is 108 Å². The van der Waals surface area contributed by atoms with E-state index in [0.717, 1.165) is 16.9 Å². The molecule has 1 aromatic rings. The summed E-state index contributed by atoms with van der Waals surface area (Å²) >= 11 is 0. The van der Waals surface area contributed by atoms with Gasteiger partial charge in [-0.25, -0.2) is 4.79 Å². The fourth-order valence-corrected chi connectivity index (χ4v) is 3.04. The lowest BCUT2D eigenvalue weighted by Gasteiger charge is -2.22. The Morgan fingerprint density at radius 1 is 1.32 bits per heavy atom. The Morgan fingerprint density at radius 3 is 2.57 bits per heavy atom. The third kappa shape index (κ3) is 5.45. The van der Waals surface area contributed by atoms with Gasteiger partial charge in [-0.1, -0.05) is 32.4 Å². The number of aliphatic hydroxyl groups is 1. The molecule has 0 bridgehead atoms. The molecule has 0 saturated carbocycles. The first-order valence-electron chi connectivity index (χ1n) is 9.54. The number of carbonyl (C=O) groups excluding carboxylic acids is 3. The van der Waals surface area contributed by atoms with Gasteiger partial charge < -0.3 is 20.5 Å². The summed E-state index contributed by atoms with van der Waals surface area (Å²) < 4.78 is 5.10. The third-order valence-corrected chi connectivity index (χ3v) is 5.14. The maximum atomic E-state index is 12.5. The lowest BCUT2D eigenvalue weighted by atomic mass is 9.99. The normalized spacial score (nSPS) is 18.6. The number of carbonyl (C=O) groups is 3. The molecule has 1 saturated heterocycles. The first kappa shape index (κ1) is 21.7. The summed E-state index contributed by atoms with van der Waals surface area (Å²) in [7, 11) is 1.57. The number of nitrogens with one attached hydrogen (secondary N) is 2. The molecule has 1 aliphatic rings. The minimum atomic E-state index is -0.715. The molecule has 0 aromatic heterocycles. The Bertz CT molecular complexity index is 692. The highest BCUT2D eigenvalue weighted by Gasteiger charge is 2.37. The molecule has 2 rings (SSSR count). The number of rotatable bonds is 10. The zero-order chi connectivity index (χ0) is 20.7. The van der Waals surface area contributed by atoms with Crippen LogP contribution in [0.25, 0.3) is 0 Å². The van der Waals surface area contributed by atoms with E-state index in [1.807, 2.05) is 13.8 Å². The van der Waals surface area contributed by atoms with Crippen molar-refractivity contribution in [2.75, 3.05) is 13.7 Å². The first-order chi connectivity index (χ1) is 13.4. The predicted octanol–water partition coefficient (Wildman–Crippen LogP) is 1.42. The zero-order valence-electron chi connectivity index (χ0n) is 16.6.